The highest BCUT2D eigenvalue weighted by molar-refractivity contribution is 5.86. The molecule has 0 bridgehead atoms. The fraction of sp³-hybridized carbons (Fsp3) is 0.586. The van der Waals surface area contributed by atoms with Gasteiger partial charge in [-0.3, -0.25) is 9.47 Å². The van der Waals surface area contributed by atoms with Crippen LogP contribution in [0.1, 0.15) is 38.3 Å². The van der Waals surface area contributed by atoms with E-state index in [1.54, 1.807) is 4.57 Å². The lowest BCUT2D eigenvalue weighted by Crippen LogP contribution is -2.44. The van der Waals surface area contributed by atoms with Gasteiger partial charge in [0.15, 0.2) is 22.8 Å². The van der Waals surface area contributed by atoms with Crippen LogP contribution in [0.25, 0.3) is 28.1 Å². The van der Waals surface area contributed by atoms with E-state index in [-0.39, 0.29) is 19.0 Å². The molecule has 4 aromatic rings. The number of aliphatic hydroxyl groups is 1. The van der Waals surface area contributed by atoms with Crippen LogP contribution in [0.5, 0.6) is 0 Å². The Labute approximate surface area is 237 Å². The number of halogens is 1. The number of rotatable bonds is 6. The van der Waals surface area contributed by atoms with Crippen molar-refractivity contribution >= 4 is 28.0 Å². The zero-order chi connectivity index (χ0) is 28.4. The molecule has 3 aliphatic rings. The van der Waals surface area contributed by atoms with Crippen LogP contribution in [0.4, 0.5) is 10.2 Å². The molecule has 0 atom stereocenters. The molecule has 0 amide bonds. The van der Waals surface area contributed by atoms with Crippen LogP contribution in [0.15, 0.2) is 24.3 Å². The molecule has 3 saturated heterocycles. The van der Waals surface area contributed by atoms with E-state index < -0.39 is 11.3 Å². The van der Waals surface area contributed by atoms with Gasteiger partial charge in [-0.25, -0.2) is 14.4 Å². The van der Waals surface area contributed by atoms with Gasteiger partial charge in [0.25, 0.3) is 0 Å². The van der Waals surface area contributed by atoms with Crippen LogP contribution in [-0.2, 0) is 28.7 Å². The molecule has 0 saturated carbocycles. The van der Waals surface area contributed by atoms with Gasteiger partial charge in [0.1, 0.15) is 5.82 Å². The fourth-order valence-corrected chi connectivity index (χ4v) is 6.25. The lowest BCUT2D eigenvalue weighted by molar-refractivity contribution is -0.140. The number of para-hydroxylation sites is 2. The Morgan fingerprint density at radius 2 is 1.73 bits per heavy atom. The first-order chi connectivity index (χ1) is 19.7. The van der Waals surface area contributed by atoms with E-state index in [1.807, 2.05) is 49.7 Å². The second-order valence-corrected chi connectivity index (χ2v) is 12.1. The maximum Gasteiger partial charge on any atom is 0.239 e. The molecule has 12 heteroatoms. The molecule has 3 fully saturated rings. The molecule has 6 heterocycles. The third kappa shape index (κ3) is 4.66. The minimum absolute atomic E-state index is 0.0467. The highest BCUT2D eigenvalue weighted by atomic mass is 19.1. The number of ether oxygens (including phenoxy) is 2. The Bertz CT molecular complexity index is 1580. The van der Waals surface area contributed by atoms with Gasteiger partial charge >= 0.3 is 0 Å². The van der Waals surface area contributed by atoms with E-state index in [4.69, 9.17) is 24.4 Å². The molecule has 1 N–H and O–H groups in total. The molecule has 0 unspecified atom stereocenters. The second-order valence-electron chi connectivity index (χ2n) is 12.1. The van der Waals surface area contributed by atoms with Crippen molar-refractivity contribution in [2.75, 3.05) is 57.5 Å². The molecule has 218 valence electrons. The van der Waals surface area contributed by atoms with Gasteiger partial charge in [-0.2, -0.15) is 9.97 Å². The van der Waals surface area contributed by atoms with Crippen molar-refractivity contribution in [2.45, 2.75) is 44.5 Å². The average molecular weight is 565 g/mol. The van der Waals surface area contributed by atoms with Gasteiger partial charge in [0.2, 0.25) is 11.6 Å². The first-order valence-electron chi connectivity index (χ1n) is 14.5. The number of hydrogen-bond donors (Lipinski definition) is 1. The number of aryl methyl sites for hydroxylation is 1. The summed E-state index contributed by atoms with van der Waals surface area (Å²) in [6.07, 6.45) is 1.89. The van der Waals surface area contributed by atoms with Gasteiger partial charge in [-0.05, 0) is 57.8 Å². The molecule has 3 aliphatic heterocycles. The average Bonchev–Trinajstić information content (AvgIpc) is 3.49. The number of nitrogens with zero attached hydrogens (tertiary/aromatic N) is 8. The SMILES string of the molecule is Cn1c(CN2CCC(C(C)(C)O)CC2)nc2c(N3CCOCC3)nc(-n3c(C4(F)COC4)nc4ccccc43)nc21. The summed E-state index contributed by atoms with van der Waals surface area (Å²) in [4.78, 5) is 24.4. The Morgan fingerprint density at radius 3 is 2.41 bits per heavy atom. The Kier molecular flexibility index (Phi) is 6.49. The summed E-state index contributed by atoms with van der Waals surface area (Å²) < 4.78 is 30.6. The monoisotopic (exact) mass is 564 g/mol. The van der Waals surface area contributed by atoms with Crippen LogP contribution in [-0.4, -0.2) is 97.3 Å². The Balaban J connectivity index is 1.33. The van der Waals surface area contributed by atoms with E-state index in [1.165, 1.54) is 0 Å². The zero-order valence-corrected chi connectivity index (χ0v) is 23.9. The van der Waals surface area contributed by atoms with Gasteiger partial charge < -0.3 is 24.0 Å². The number of morpholine rings is 1. The van der Waals surface area contributed by atoms with Crippen molar-refractivity contribution in [3.63, 3.8) is 0 Å². The maximum absolute atomic E-state index is 15.9. The predicted octanol–water partition coefficient (Wildman–Crippen LogP) is 2.72. The van der Waals surface area contributed by atoms with Crippen molar-refractivity contribution < 1.29 is 19.0 Å². The van der Waals surface area contributed by atoms with Crippen molar-refractivity contribution in [1.82, 2.24) is 34.0 Å². The van der Waals surface area contributed by atoms with E-state index >= 15 is 4.39 Å². The minimum Gasteiger partial charge on any atom is -0.390 e. The molecule has 0 radical (unpaired) electrons. The van der Waals surface area contributed by atoms with Gasteiger partial charge in [0, 0.05) is 20.1 Å². The Morgan fingerprint density at radius 1 is 1.00 bits per heavy atom. The first kappa shape index (κ1) is 26.7. The number of fused-ring (bicyclic) bond motifs is 2. The predicted molar refractivity (Wildman–Crippen MR) is 152 cm³/mol. The number of benzene rings is 1. The lowest BCUT2D eigenvalue weighted by Gasteiger charge is -2.37. The number of anilines is 1. The van der Waals surface area contributed by atoms with Crippen LogP contribution >= 0.6 is 0 Å². The van der Waals surface area contributed by atoms with Gasteiger partial charge in [0.05, 0.1) is 49.6 Å². The van der Waals surface area contributed by atoms with Crippen LogP contribution in [0, 0.1) is 5.92 Å². The normalized spacial score (nSPS) is 20.7. The molecule has 0 spiro atoms. The summed E-state index contributed by atoms with van der Waals surface area (Å²) in [7, 11) is 1.98. The molecule has 41 heavy (non-hydrogen) atoms. The van der Waals surface area contributed by atoms with E-state index in [2.05, 4.69) is 14.8 Å². The number of piperidine rings is 1. The second kappa shape index (κ2) is 9.97. The van der Waals surface area contributed by atoms with E-state index in [0.29, 0.717) is 55.9 Å². The van der Waals surface area contributed by atoms with E-state index in [9.17, 15) is 5.11 Å². The van der Waals surface area contributed by atoms with Crippen LogP contribution in [0.3, 0.4) is 0 Å². The van der Waals surface area contributed by atoms with E-state index in [0.717, 1.165) is 48.6 Å². The van der Waals surface area contributed by atoms with Crippen LogP contribution in [0.2, 0.25) is 0 Å². The highest BCUT2D eigenvalue weighted by Gasteiger charge is 2.46. The van der Waals surface area contributed by atoms with Crippen molar-refractivity contribution in [1.29, 1.82) is 0 Å². The summed E-state index contributed by atoms with van der Waals surface area (Å²) >= 11 is 0. The summed E-state index contributed by atoms with van der Waals surface area (Å²) in [6.45, 7) is 8.74. The fourth-order valence-electron chi connectivity index (χ4n) is 6.25. The smallest absolute Gasteiger partial charge is 0.239 e. The number of alkyl halides is 1. The molecule has 7 rings (SSSR count). The number of likely N-dealkylation sites (tertiary alicyclic amines) is 1. The highest BCUT2D eigenvalue weighted by Crippen LogP contribution is 2.37. The van der Waals surface area contributed by atoms with Gasteiger partial charge in [-0.15, -0.1) is 0 Å². The third-order valence-electron chi connectivity index (χ3n) is 8.87. The quantitative estimate of drug-likeness (QED) is 0.378. The molecular formula is C29H37FN8O3. The van der Waals surface area contributed by atoms with Crippen molar-refractivity contribution in [3.8, 4) is 5.95 Å². The summed E-state index contributed by atoms with van der Waals surface area (Å²) in [5.74, 6) is 2.53. The molecule has 11 nitrogen and oxygen atoms in total. The largest absolute Gasteiger partial charge is 0.390 e. The topological polar surface area (TPSA) is 107 Å². The standard InChI is InChI=1S/C29H37FN8O3/c1-28(2,39)19-8-10-36(11-9-19)16-22-32-23-24(35(22)3)33-27(34-25(23)37-12-14-40-15-13-37)38-21-7-5-4-6-20(21)31-26(38)29(30)17-41-18-29/h4-7,19,39H,8-18H2,1-3H3. The van der Waals surface area contributed by atoms with Gasteiger partial charge in [-0.1, -0.05) is 12.1 Å². The maximum atomic E-state index is 15.9. The summed E-state index contributed by atoms with van der Waals surface area (Å²) in [5, 5.41) is 10.5. The number of aromatic nitrogens is 6. The lowest BCUT2D eigenvalue weighted by atomic mass is 9.83. The molecule has 0 aliphatic carbocycles. The summed E-state index contributed by atoms with van der Waals surface area (Å²) in [6, 6.07) is 7.61. The molecule has 3 aromatic heterocycles. The number of imidazole rings is 2. The van der Waals surface area contributed by atoms with Crippen LogP contribution < -0.4 is 4.90 Å². The summed E-state index contributed by atoms with van der Waals surface area (Å²) in [5.41, 5.74) is 0.484. The number of hydrogen-bond acceptors (Lipinski definition) is 9. The first-order valence-corrected chi connectivity index (χ1v) is 14.5. The Hall–Kier alpha value is -3.19. The van der Waals surface area contributed by atoms with Crippen molar-refractivity contribution in [3.05, 3.63) is 35.9 Å². The third-order valence-corrected chi connectivity index (χ3v) is 8.87. The minimum atomic E-state index is -1.71. The van der Waals surface area contributed by atoms with Crippen molar-refractivity contribution in [2.24, 2.45) is 13.0 Å². The zero-order valence-electron chi connectivity index (χ0n) is 23.9. The molecular weight excluding hydrogens is 527 g/mol. The molecule has 1 aromatic carbocycles.